The molecule has 0 radical (unpaired) electrons. The van der Waals surface area contributed by atoms with Crippen LogP contribution in [0.4, 0.5) is 0 Å². The van der Waals surface area contributed by atoms with Gasteiger partial charge in [-0.05, 0) is 57.0 Å². The van der Waals surface area contributed by atoms with Gasteiger partial charge in [0.05, 0.1) is 13.2 Å². The van der Waals surface area contributed by atoms with Crippen LogP contribution in [0, 0.1) is 13.8 Å². The summed E-state index contributed by atoms with van der Waals surface area (Å²) >= 11 is 0. The molecule has 0 heterocycles. The minimum Gasteiger partial charge on any atom is -0.491 e. The van der Waals surface area contributed by atoms with Crippen LogP contribution < -0.4 is 4.74 Å². The second-order valence-corrected chi connectivity index (χ2v) is 4.82. The van der Waals surface area contributed by atoms with Crippen LogP contribution in [0.15, 0.2) is 24.3 Å². The van der Waals surface area contributed by atoms with E-state index in [1.54, 1.807) is 6.07 Å². The van der Waals surface area contributed by atoms with E-state index < -0.39 is 5.97 Å². The maximum absolute atomic E-state index is 12.0. The monoisotopic (exact) mass is 276 g/mol. The number of methoxy groups -OCH3 is 1. The van der Waals surface area contributed by atoms with Crippen molar-refractivity contribution in [1.29, 1.82) is 0 Å². The molecule has 1 aromatic rings. The lowest BCUT2D eigenvalue weighted by Gasteiger charge is -2.14. The number of esters is 1. The van der Waals surface area contributed by atoms with Crippen LogP contribution in [0.3, 0.4) is 0 Å². The van der Waals surface area contributed by atoms with Crippen LogP contribution in [0.5, 0.6) is 5.75 Å². The number of ether oxygens (including phenoxy) is 2. The quantitative estimate of drug-likeness (QED) is 0.471. The highest BCUT2D eigenvalue weighted by Crippen LogP contribution is 2.24. The molecule has 0 bridgehead atoms. The minimum atomic E-state index is -0.549. The van der Waals surface area contributed by atoms with Gasteiger partial charge in [-0.3, -0.25) is 4.79 Å². The molecule has 0 N–H and O–H groups in total. The molecule has 4 nitrogen and oxygen atoms in total. The molecule has 0 atom stereocenters. The zero-order valence-electron chi connectivity index (χ0n) is 12.5. The van der Waals surface area contributed by atoms with Gasteiger partial charge in [0, 0.05) is 11.6 Å². The van der Waals surface area contributed by atoms with Crippen LogP contribution in [0.25, 0.3) is 0 Å². The molecule has 0 spiro atoms. The molecule has 0 aliphatic carbocycles. The average molecular weight is 276 g/mol. The number of carbonyl (C=O) groups is 2. The summed E-state index contributed by atoms with van der Waals surface area (Å²) in [5, 5.41) is 0. The molecule has 0 unspecified atom stereocenters. The molecule has 1 aromatic carbocycles. The van der Waals surface area contributed by atoms with Crippen molar-refractivity contribution >= 4 is 11.8 Å². The van der Waals surface area contributed by atoms with Crippen LogP contribution in [-0.4, -0.2) is 25.0 Å². The first kappa shape index (κ1) is 16.0. The van der Waals surface area contributed by atoms with Crippen molar-refractivity contribution in [3.05, 3.63) is 41.0 Å². The van der Waals surface area contributed by atoms with E-state index in [1.807, 2.05) is 33.8 Å². The lowest BCUT2D eigenvalue weighted by Crippen LogP contribution is -2.08. The lowest BCUT2D eigenvalue weighted by molar-refractivity contribution is -0.134. The van der Waals surface area contributed by atoms with Gasteiger partial charge in [0.15, 0.2) is 5.78 Å². The summed E-state index contributed by atoms with van der Waals surface area (Å²) < 4.78 is 10.1. The second kappa shape index (κ2) is 6.89. The van der Waals surface area contributed by atoms with E-state index in [0.29, 0.717) is 5.56 Å². The fourth-order valence-corrected chi connectivity index (χ4v) is 1.74. The van der Waals surface area contributed by atoms with Crippen molar-refractivity contribution in [2.45, 2.75) is 33.8 Å². The van der Waals surface area contributed by atoms with Crippen molar-refractivity contribution in [3.63, 3.8) is 0 Å². The standard InChI is InChI=1S/C16H20O4/c1-10(2)20-15-9-11(3)13(8-12(15)4)14(17)6-7-16(18)19-5/h6-10H,1-5H3/b7-6+. The minimum absolute atomic E-state index is 0.0777. The van der Waals surface area contributed by atoms with Crippen molar-refractivity contribution < 1.29 is 19.1 Å². The third-order valence-corrected chi connectivity index (χ3v) is 2.72. The van der Waals surface area contributed by atoms with E-state index >= 15 is 0 Å². The number of rotatable bonds is 5. The maximum atomic E-state index is 12.0. The molecule has 20 heavy (non-hydrogen) atoms. The van der Waals surface area contributed by atoms with Gasteiger partial charge in [-0.15, -0.1) is 0 Å². The number of aryl methyl sites for hydroxylation is 2. The Morgan fingerprint density at radius 3 is 2.30 bits per heavy atom. The zero-order valence-corrected chi connectivity index (χ0v) is 12.5. The highest BCUT2D eigenvalue weighted by Gasteiger charge is 2.11. The van der Waals surface area contributed by atoms with Crippen LogP contribution in [0.2, 0.25) is 0 Å². The molecule has 0 amide bonds. The fourth-order valence-electron chi connectivity index (χ4n) is 1.74. The molecule has 1 rings (SSSR count). The van der Waals surface area contributed by atoms with Gasteiger partial charge < -0.3 is 9.47 Å². The Balaban J connectivity index is 3.03. The first-order valence-corrected chi connectivity index (χ1v) is 6.43. The first-order valence-electron chi connectivity index (χ1n) is 6.43. The lowest BCUT2D eigenvalue weighted by atomic mass is 10.0. The molecule has 108 valence electrons. The molecule has 4 heteroatoms. The van der Waals surface area contributed by atoms with E-state index in [0.717, 1.165) is 23.0 Å². The summed E-state index contributed by atoms with van der Waals surface area (Å²) in [6.45, 7) is 7.63. The molecule has 0 saturated carbocycles. The number of benzene rings is 1. The normalized spacial score (nSPS) is 10.9. The van der Waals surface area contributed by atoms with Crippen molar-refractivity contribution in [2.75, 3.05) is 7.11 Å². The number of carbonyl (C=O) groups excluding carboxylic acids is 2. The van der Waals surface area contributed by atoms with Crippen LogP contribution in [0.1, 0.15) is 35.3 Å². The van der Waals surface area contributed by atoms with Crippen molar-refractivity contribution in [1.82, 2.24) is 0 Å². The highest BCUT2D eigenvalue weighted by molar-refractivity contribution is 6.08. The number of hydrogen-bond donors (Lipinski definition) is 0. The van der Waals surface area contributed by atoms with Gasteiger partial charge in [-0.2, -0.15) is 0 Å². The summed E-state index contributed by atoms with van der Waals surface area (Å²) in [5.41, 5.74) is 2.25. The smallest absolute Gasteiger partial charge is 0.330 e. The third kappa shape index (κ3) is 4.23. The third-order valence-electron chi connectivity index (χ3n) is 2.72. The van der Waals surface area contributed by atoms with E-state index in [9.17, 15) is 9.59 Å². The van der Waals surface area contributed by atoms with Gasteiger partial charge in [0.2, 0.25) is 0 Å². The summed E-state index contributed by atoms with van der Waals surface area (Å²) in [6, 6.07) is 3.62. The van der Waals surface area contributed by atoms with Gasteiger partial charge >= 0.3 is 5.97 Å². The predicted molar refractivity (Wildman–Crippen MR) is 77.2 cm³/mol. The van der Waals surface area contributed by atoms with Crippen molar-refractivity contribution in [3.8, 4) is 5.75 Å². The van der Waals surface area contributed by atoms with Gasteiger partial charge in [0.25, 0.3) is 0 Å². The van der Waals surface area contributed by atoms with Gasteiger partial charge in [-0.25, -0.2) is 4.79 Å². The Morgan fingerprint density at radius 1 is 1.10 bits per heavy atom. The Labute approximate surface area is 119 Å². The molecule has 0 aliphatic heterocycles. The molecular formula is C16H20O4. The largest absolute Gasteiger partial charge is 0.491 e. The van der Waals surface area contributed by atoms with Crippen LogP contribution >= 0.6 is 0 Å². The Morgan fingerprint density at radius 2 is 1.75 bits per heavy atom. The molecular weight excluding hydrogens is 256 g/mol. The summed E-state index contributed by atoms with van der Waals surface area (Å²) in [4.78, 5) is 23.0. The summed E-state index contributed by atoms with van der Waals surface area (Å²) in [6.07, 6.45) is 2.42. The second-order valence-electron chi connectivity index (χ2n) is 4.82. The maximum Gasteiger partial charge on any atom is 0.330 e. The zero-order chi connectivity index (χ0) is 15.3. The molecule has 0 saturated heterocycles. The van der Waals surface area contributed by atoms with Crippen LogP contribution in [-0.2, 0) is 9.53 Å². The fraction of sp³-hybridized carbons (Fsp3) is 0.375. The van der Waals surface area contributed by atoms with E-state index in [4.69, 9.17) is 4.74 Å². The Kier molecular flexibility index (Phi) is 5.50. The summed E-state index contributed by atoms with van der Waals surface area (Å²) in [5.74, 6) is -0.00872. The van der Waals surface area contributed by atoms with Gasteiger partial charge in [0.1, 0.15) is 5.75 Å². The topological polar surface area (TPSA) is 52.6 Å². The number of ketones is 1. The number of allylic oxidation sites excluding steroid dienone is 1. The molecule has 0 aromatic heterocycles. The van der Waals surface area contributed by atoms with Gasteiger partial charge in [-0.1, -0.05) is 0 Å². The van der Waals surface area contributed by atoms with Crippen molar-refractivity contribution in [2.24, 2.45) is 0 Å². The van der Waals surface area contributed by atoms with E-state index in [-0.39, 0.29) is 11.9 Å². The Bertz CT molecular complexity index is 542. The first-order chi connectivity index (χ1) is 9.35. The Hall–Kier alpha value is -2.10. The van der Waals surface area contributed by atoms with E-state index in [1.165, 1.54) is 13.2 Å². The highest BCUT2D eigenvalue weighted by atomic mass is 16.5. The number of hydrogen-bond acceptors (Lipinski definition) is 4. The predicted octanol–water partition coefficient (Wildman–Crippen LogP) is 3.00. The average Bonchev–Trinajstić information content (AvgIpc) is 2.38. The molecule has 0 aliphatic rings. The molecule has 0 fully saturated rings. The SMILES string of the molecule is COC(=O)/C=C/C(=O)c1cc(C)c(OC(C)C)cc1C. The summed E-state index contributed by atoms with van der Waals surface area (Å²) in [7, 11) is 1.27. The van der Waals surface area contributed by atoms with E-state index in [2.05, 4.69) is 4.74 Å².